The van der Waals surface area contributed by atoms with E-state index in [0.29, 0.717) is 5.41 Å². The molecule has 1 fully saturated rings. The number of hydrogen-bond donors (Lipinski definition) is 1. The normalized spacial score (nSPS) is 28.8. The van der Waals surface area contributed by atoms with E-state index < -0.39 is 0 Å². The summed E-state index contributed by atoms with van der Waals surface area (Å²) in [6, 6.07) is 0. The van der Waals surface area contributed by atoms with Gasteiger partial charge < -0.3 is 9.88 Å². The van der Waals surface area contributed by atoms with Crippen molar-refractivity contribution in [3.8, 4) is 0 Å². The highest BCUT2D eigenvalue weighted by Crippen LogP contribution is 2.26. The van der Waals surface area contributed by atoms with Gasteiger partial charge in [0, 0.05) is 26.2 Å². The van der Waals surface area contributed by atoms with Crippen LogP contribution in [0.2, 0.25) is 0 Å². The van der Waals surface area contributed by atoms with E-state index in [1.807, 2.05) is 6.33 Å². The van der Waals surface area contributed by atoms with Crippen molar-refractivity contribution >= 4 is 12.4 Å². The number of halogens is 1. The average molecular weight is 258 g/mol. The predicted octanol–water partition coefficient (Wildman–Crippen LogP) is 0.515. The molecule has 96 valence electrons. The third-order valence-electron chi connectivity index (χ3n) is 3.78. The van der Waals surface area contributed by atoms with E-state index in [4.69, 9.17) is 0 Å². The fraction of sp³-hybridized carbons (Fsp3) is 0.818. The Kier molecular flexibility index (Phi) is 3.70. The van der Waals surface area contributed by atoms with Crippen LogP contribution in [-0.4, -0.2) is 45.8 Å². The van der Waals surface area contributed by atoms with E-state index in [9.17, 15) is 0 Å². The van der Waals surface area contributed by atoms with Crippen LogP contribution in [0.15, 0.2) is 6.33 Å². The molecule has 6 heteroatoms. The molecule has 17 heavy (non-hydrogen) atoms. The van der Waals surface area contributed by atoms with Crippen molar-refractivity contribution in [3.63, 3.8) is 0 Å². The minimum Gasteiger partial charge on any atom is -0.316 e. The smallest absolute Gasteiger partial charge is 0.147 e. The second kappa shape index (κ2) is 4.92. The molecule has 1 atom stereocenters. The first-order chi connectivity index (χ1) is 7.75. The monoisotopic (exact) mass is 257 g/mol. The molecule has 0 amide bonds. The van der Waals surface area contributed by atoms with Crippen molar-refractivity contribution in [3.05, 3.63) is 12.2 Å². The van der Waals surface area contributed by atoms with E-state index >= 15 is 0 Å². The van der Waals surface area contributed by atoms with Gasteiger partial charge >= 0.3 is 0 Å². The Labute approximate surface area is 108 Å². The Morgan fingerprint density at radius 2 is 2.35 bits per heavy atom. The summed E-state index contributed by atoms with van der Waals surface area (Å²) in [5.41, 5.74) is 0.447. The minimum absolute atomic E-state index is 0. The lowest BCUT2D eigenvalue weighted by molar-refractivity contribution is 0.144. The first-order valence-corrected chi connectivity index (χ1v) is 6.05. The lowest BCUT2D eigenvalue weighted by Crippen LogP contribution is -2.41. The van der Waals surface area contributed by atoms with Gasteiger partial charge in [-0.3, -0.25) is 4.90 Å². The van der Waals surface area contributed by atoms with Gasteiger partial charge in [-0.25, -0.2) is 0 Å². The zero-order chi connectivity index (χ0) is 11.0. The molecular formula is C11H20ClN5. The molecule has 5 nitrogen and oxygen atoms in total. The summed E-state index contributed by atoms with van der Waals surface area (Å²) in [7, 11) is 0. The number of aromatic nitrogens is 3. The average Bonchev–Trinajstić information content (AvgIpc) is 2.86. The van der Waals surface area contributed by atoms with Crippen LogP contribution in [0.25, 0.3) is 0 Å². The van der Waals surface area contributed by atoms with E-state index in [0.717, 1.165) is 32.0 Å². The van der Waals surface area contributed by atoms with Gasteiger partial charge in [-0.2, -0.15) is 0 Å². The maximum Gasteiger partial charge on any atom is 0.147 e. The lowest BCUT2D eigenvalue weighted by atomic mass is 9.89. The fourth-order valence-corrected chi connectivity index (χ4v) is 2.79. The van der Waals surface area contributed by atoms with Gasteiger partial charge in [-0.1, -0.05) is 6.92 Å². The number of fused-ring (bicyclic) bond motifs is 1. The summed E-state index contributed by atoms with van der Waals surface area (Å²) in [6.07, 6.45) is 3.13. The van der Waals surface area contributed by atoms with Crippen molar-refractivity contribution < 1.29 is 0 Å². The molecule has 1 saturated heterocycles. The summed E-state index contributed by atoms with van der Waals surface area (Å²) in [4.78, 5) is 2.51. The number of nitrogens with zero attached hydrogens (tertiary/aromatic N) is 4. The van der Waals surface area contributed by atoms with Gasteiger partial charge in [0.15, 0.2) is 0 Å². The van der Waals surface area contributed by atoms with Crippen molar-refractivity contribution in [1.82, 2.24) is 25.0 Å². The first kappa shape index (κ1) is 12.8. The van der Waals surface area contributed by atoms with Crippen molar-refractivity contribution in [2.24, 2.45) is 5.41 Å². The van der Waals surface area contributed by atoms with E-state index in [1.165, 1.54) is 19.5 Å². The van der Waals surface area contributed by atoms with E-state index in [2.05, 4.69) is 31.9 Å². The highest BCUT2D eigenvalue weighted by Gasteiger charge is 2.31. The van der Waals surface area contributed by atoms with Crippen molar-refractivity contribution in [2.45, 2.75) is 26.4 Å². The molecule has 3 rings (SSSR count). The molecule has 3 heterocycles. The number of hydrogen-bond acceptors (Lipinski definition) is 4. The summed E-state index contributed by atoms with van der Waals surface area (Å²) < 4.78 is 2.16. The van der Waals surface area contributed by atoms with E-state index in [-0.39, 0.29) is 12.4 Å². The Bertz CT molecular complexity index is 372. The van der Waals surface area contributed by atoms with Crippen LogP contribution in [-0.2, 0) is 13.1 Å². The number of rotatable bonds is 2. The van der Waals surface area contributed by atoms with E-state index in [1.54, 1.807) is 0 Å². The molecule has 1 N–H and O–H groups in total. The highest BCUT2D eigenvalue weighted by molar-refractivity contribution is 5.85. The largest absolute Gasteiger partial charge is 0.316 e. The molecule has 1 aromatic heterocycles. The van der Waals surface area contributed by atoms with Gasteiger partial charge in [0.2, 0.25) is 0 Å². The maximum absolute atomic E-state index is 4.16. The Morgan fingerprint density at radius 1 is 1.47 bits per heavy atom. The first-order valence-electron chi connectivity index (χ1n) is 6.05. The van der Waals surface area contributed by atoms with Crippen LogP contribution in [0.1, 0.15) is 19.2 Å². The highest BCUT2D eigenvalue weighted by atomic mass is 35.5. The van der Waals surface area contributed by atoms with Crippen LogP contribution >= 0.6 is 12.4 Å². The zero-order valence-corrected chi connectivity index (χ0v) is 11.0. The molecular weight excluding hydrogens is 238 g/mol. The molecule has 2 aliphatic heterocycles. The second-order valence-corrected chi connectivity index (χ2v) is 5.39. The van der Waals surface area contributed by atoms with Crippen molar-refractivity contribution in [2.75, 3.05) is 26.2 Å². The second-order valence-electron chi connectivity index (χ2n) is 5.39. The SMILES string of the molecule is CC1(CN2CCn3cnnc3C2)CCNC1.Cl. The summed E-state index contributed by atoms with van der Waals surface area (Å²) in [6.45, 7) is 8.98. The summed E-state index contributed by atoms with van der Waals surface area (Å²) >= 11 is 0. The maximum atomic E-state index is 4.16. The molecule has 0 radical (unpaired) electrons. The molecule has 2 aliphatic rings. The van der Waals surface area contributed by atoms with Gasteiger partial charge in [0.05, 0.1) is 6.54 Å². The van der Waals surface area contributed by atoms with Crippen LogP contribution < -0.4 is 5.32 Å². The topological polar surface area (TPSA) is 46.0 Å². The Hall–Kier alpha value is -0.650. The molecule has 0 bridgehead atoms. The van der Waals surface area contributed by atoms with Crippen LogP contribution in [0, 0.1) is 5.41 Å². The lowest BCUT2D eigenvalue weighted by Gasteiger charge is -2.34. The Morgan fingerprint density at radius 3 is 3.12 bits per heavy atom. The predicted molar refractivity (Wildman–Crippen MR) is 68.1 cm³/mol. The van der Waals surface area contributed by atoms with Crippen LogP contribution in [0.5, 0.6) is 0 Å². The minimum atomic E-state index is 0. The Balaban J connectivity index is 0.00000108. The van der Waals surface area contributed by atoms with Gasteiger partial charge in [-0.15, -0.1) is 22.6 Å². The zero-order valence-electron chi connectivity index (χ0n) is 10.2. The summed E-state index contributed by atoms with van der Waals surface area (Å²) in [5, 5.41) is 11.6. The third-order valence-corrected chi connectivity index (χ3v) is 3.78. The third kappa shape index (κ3) is 2.61. The summed E-state index contributed by atoms with van der Waals surface area (Å²) in [5.74, 6) is 1.11. The van der Waals surface area contributed by atoms with Crippen molar-refractivity contribution in [1.29, 1.82) is 0 Å². The van der Waals surface area contributed by atoms with Crippen LogP contribution in [0.3, 0.4) is 0 Å². The fourth-order valence-electron chi connectivity index (χ4n) is 2.79. The van der Waals surface area contributed by atoms with Gasteiger partial charge in [0.1, 0.15) is 12.2 Å². The molecule has 0 aliphatic carbocycles. The quantitative estimate of drug-likeness (QED) is 0.839. The van der Waals surface area contributed by atoms with Gasteiger partial charge in [0.25, 0.3) is 0 Å². The molecule has 0 spiro atoms. The molecule has 0 saturated carbocycles. The number of nitrogens with one attached hydrogen (secondary N) is 1. The molecule has 0 aromatic carbocycles. The van der Waals surface area contributed by atoms with Gasteiger partial charge in [-0.05, 0) is 18.4 Å². The molecule has 1 aromatic rings. The molecule has 1 unspecified atom stereocenters. The van der Waals surface area contributed by atoms with Crippen LogP contribution in [0.4, 0.5) is 0 Å². The standard InChI is InChI=1S/C11H19N5.ClH/c1-11(2-3-12-7-11)8-15-4-5-16-9-13-14-10(16)6-15;/h9,12H,2-8H2,1H3;1H.